The van der Waals surface area contributed by atoms with Gasteiger partial charge in [0.05, 0.1) is 0 Å². The fourth-order valence-electron chi connectivity index (χ4n) is 6.55. The van der Waals surface area contributed by atoms with Gasteiger partial charge < -0.3 is 10.2 Å². The van der Waals surface area contributed by atoms with Gasteiger partial charge >= 0.3 is 0 Å². The van der Waals surface area contributed by atoms with Gasteiger partial charge in [-0.05, 0) is 67.4 Å². The topological polar surface area (TPSA) is 46.9 Å². The predicted octanol–water partition coefficient (Wildman–Crippen LogP) is 9.75. The first-order chi connectivity index (χ1) is 21.1. The van der Waals surface area contributed by atoms with Gasteiger partial charge in [-0.2, -0.15) is 0 Å². The molecule has 0 unspecified atom stereocenters. The van der Waals surface area contributed by atoms with Crippen LogP contribution in [0.3, 0.4) is 0 Å². The molecule has 240 valence electrons. The molecule has 4 aromatic rings. The van der Waals surface area contributed by atoms with Gasteiger partial charge in [0.25, 0.3) is 0 Å². The molecule has 0 amide bonds. The molecule has 0 spiro atoms. The lowest BCUT2D eigenvalue weighted by Crippen LogP contribution is -2.31. The van der Waals surface area contributed by atoms with Gasteiger partial charge in [0.2, 0.25) is 0 Å². The SMILES string of the molecule is Cc1cc(CN(C)[C@@H](C[C@@H](c2ccccc2)N(C)Cc2cc(C)cc(C(C)(C)C)c2O)c2ccccc2)c(O)c(C(C)(C)C)c1. The van der Waals surface area contributed by atoms with Crippen molar-refractivity contribution in [3.63, 3.8) is 0 Å². The van der Waals surface area contributed by atoms with E-state index < -0.39 is 0 Å². The van der Waals surface area contributed by atoms with Crippen LogP contribution >= 0.6 is 0 Å². The van der Waals surface area contributed by atoms with Crippen LogP contribution in [0.5, 0.6) is 11.5 Å². The third-order valence-corrected chi connectivity index (χ3v) is 9.00. The van der Waals surface area contributed by atoms with Gasteiger partial charge in [-0.15, -0.1) is 0 Å². The van der Waals surface area contributed by atoms with Gasteiger partial charge in [0, 0.05) is 36.3 Å². The first kappa shape index (κ1) is 34.3. The van der Waals surface area contributed by atoms with E-state index in [9.17, 15) is 10.2 Å². The van der Waals surface area contributed by atoms with E-state index in [-0.39, 0.29) is 22.9 Å². The van der Waals surface area contributed by atoms with Crippen molar-refractivity contribution in [3.05, 3.63) is 129 Å². The normalized spacial score (nSPS) is 13.8. The van der Waals surface area contributed by atoms with E-state index >= 15 is 0 Å². The fourth-order valence-corrected chi connectivity index (χ4v) is 6.55. The van der Waals surface area contributed by atoms with Crippen LogP contribution in [0.25, 0.3) is 0 Å². The summed E-state index contributed by atoms with van der Waals surface area (Å²) < 4.78 is 0. The molecule has 45 heavy (non-hydrogen) atoms. The van der Waals surface area contributed by atoms with Crippen LogP contribution in [0.2, 0.25) is 0 Å². The summed E-state index contributed by atoms with van der Waals surface area (Å²) in [6, 6.07) is 30.0. The first-order valence-corrected chi connectivity index (χ1v) is 16.2. The zero-order valence-corrected chi connectivity index (χ0v) is 29.1. The number of hydrogen-bond acceptors (Lipinski definition) is 4. The number of aromatic hydroxyl groups is 2. The highest BCUT2D eigenvalue weighted by atomic mass is 16.3. The highest BCUT2D eigenvalue weighted by Gasteiger charge is 2.29. The minimum atomic E-state index is -0.155. The van der Waals surface area contributed by atoms with E-state index in [2.05, 4.69) is 164 Å². The van der Waals surface area contributed by atoms with Crippen LogP contribution < -0.4 is 0 Å². The number of nitrogens with zero attached hydrogens (tertiary/aromatic N) is 2. The number of phenols is 2. The summed E-state index contributed by atoms with van der Waals surface area (Å²) in [5.74, 6) is 0.793. The number of rotatable bonds is 10. The van der Waals surface area contributed by atoms with Crippen molar-refractivity contribution in [2.24, 2.45) is 0 Å². The second-order valence-electron chi connectivity index (χ2n) is 15.1. The van der Waals surface area contributed by atoms with Gasteiger partial charge in [-0.3, -0.25) is 9.80 Å². The molecule has 2 atom stereocenters. The summed E-state index contributed by atoms with van der Waals surface area (Å²) in [7, 11) is 4.33. The summed E-state index contributed by atoms with van der Waals surface area (Å²) in [6.07, 6.45) is 0.832. The monoisotopic (exact) mass is 606 g/mol. The molecule has 0 heterocycles. The Bertz CT molecular complexity index is 1450. The summed E-state index contributed by atoms with van der Waals surface area (Å²) in [5.41, 5.74) is 8.36. The lowest BCUT2D eigenvalue weighted by Gasteiger charge is -2.36. The summed E-state index contributed by atoms with van der Waals surface area (Å²) in [5, 5.41) is 22.9. The Balaban J connectivity index is 1.73. The Morgan fingerprint density at radius 1 is 0.556 bits per heavy atom. The van der Waals surface area contributed by atoms with Crippen LogP contribution in [0, 0.1) is 13.8 Å². The molecule has 0 fully saturated rings. The molecular weight excluding hydrogens is 552 g/mol. The predicted molar refractivity (Wildman–Crippen MR) is 189 cm³/mol. The highest BCUT2D eigenvalue weighted by molar-refractivity contribution is 5.48. The molecule has 2 N–H and O–H groups in total. The van der Waals surface area contributed by atoms with Crippen molar-refractivity contribution in [2.45, 2.75) is 97.8 Å². The van der Waals surface area contributed by atoms with Crippen molar-refractivity contribution >= 4 is 0 Å². The molecule has 4 heteroatoms. The van der Waals surface area contributed by atoms with E-state index in [0.717, 1.165) is 39.8 Å². The quantitative estimate of drug-likeness (QED) is 0.189. The van der Waals surface area contributed by atoms with E-state index in [4.69, 9.17) is 0 Å². The van der Waals surface area contributed by atoms with Crippen LogP contribution in [0.15, 0.2) is 84.9 Å². The molecule has 0 aliphatic heterocycles. The molecule has 4 aromatic carbocycles. The second-order valence-corrected chi connectivity index (χ2v) is 15.1. The summed E-state index contributed by atoms with van der Waals surface area (Å²) in [4.78, 5) is 4.75. The molecule has 0 bridgehead atoms. The Hall–Kier alpha value is -3.60. The Morgan fingerprint density at radius 3 is 1.20 bits per heavy atom. The Morgan fingerprint density at radius 2 is 0.889 bits per heavy atom. The molecular formula is C41H54N2O2. The first-order valence-electron chi connectivity index (χ1n) is 16.2. The largest absolute Gasteiger partial charge is 0.507 e. The number of benzene rings is 4. The van der Waals surface area contributed by atoms with E-state index in [1.54, 1.807) is 0 Å². The van der Waals surface area contributed by atoms with Crippen LogP contribution in [-0.4, -0.2) is 34.1 Å². The Kier molecular flexibility index (Phi) is 10.5. The molecule has 0 radical (unpaired) electrons. The van der Waals surface area contributed by atoms with E-state index in [1.165, 1.54) is 11.1 Å². The zero-order valence-electron chi connectivity index (χ0n) is 29.1. The molecule has 0 saturated carbocycles. The van der Waals surface area contributed by atoms with Crippen LogP contribution in [0.1, 0.15) is 105 Å². The lowest BCUT2D eigenvalue weighted by molar-refractivity contribution is 0.148. The number of aryl methyl sites for hydroxylation is 2. The molecule has 4 nitrogen and oxygen atoms in total. The maximum atomic E-state index is 11.4. The second kappa shape index (κ2) is 13.8. The zero-order chi connectivity index (χ0) is 33.1. The standard InChI is InChI=1S/C41H54N2O2/c1-28-21-32(38(44)34(23-28)40(3,4)5)26-42(9)36(30-17-13-11-14-18-30)25-37(31-19-15-12-16-20-31)43(10)27-33-22-29(2)24-35(39(33)45)41(6,7)8/h11-24,36-37,44-45H,25-27H2,1-10H3/t36-,37-/m0/s1. The third-order valence-electron chi connectivity index (χ3n) is 9.00. The van der Waals surface area contributed by atoms with E-state index in [1.807, 2.05) is 0 Å². The fraction of sp³-hybridized carbons (Fsp3) is 0.415. The van der Waals surface area contributed by atoms with Crippen molar-refractivity contribution in [3.8, 4) is 11.5 Å². The number of hydrogen-bond donors (Lipinski definition) is 2. The highest BCUT2D eigenvalue weighted by Crippen LogP contribution is 2.40. The van der Waals surface area contributed by atoms with Gasteiger partial charge in [0.1, 0.15) is 11.5 Å². The third kappa shape index (κ3) is 8.36. The van der Waals surface area contributed by atoms with Crippen molar-refractivity contribution in [1.29, 1.82) is 0 Å². The lowest BCUT2D eigenvalue weighted by atomic mass is 9.84. The smallest absolute Gasteiger partial charge is 0.123 e. The van der Waals surface area contributed by atoms with Crippen molar-refractivity contribution < 1.29 is 10.2 Å². The van der Waals surface area contributed by atoms with E-state index in [0.29, 0.717) is 24.6 Å². The Labute approximate surface area is 272 Å². The average Bonchev–Trinajstić information content (AvgIpc) is 2.96. The van der Waals surface area contributed by atoms with Gasteiger partial charge in [-0.1, -0.05) is 138 Å². The van der Waals surface area contributed by atoms with Gasteiger partial charge in [-0.25, -0.2) is 0 Å². The van der Waals surface area contributed by atoms with Crippen LogP contribution in [0.4, 0.5) is 0 Å². The maximum absolute atomic E-state index is 11.4. The minimum absolute atomic E-state index is 0.0769. The number of phenolic OH excluding ortho intramolecular Hbond substituents is 2. The minimum Gasteiger partial charge on any atom is -0.507 e. The van der Waals surface area contributed by atoms with Gasteiger partial charge in [0.15, 0.2) is 0 Å². The molecule has 0 saturated heterocycles. The molecule has 4 rings (SSSR count). The summed E-state index contributed by atoms with van der Waals surface area (Å²) >= 11 is 0. The maximum Gasteiger partial charge on any atom is 0.123 e. The van der Waals surface area contributed by atoms with Crippen LogP contribution in [-0.2, 0) is 23.9 Å². The average molecular weight is 607 g/mol. The summed E-state index contributed by atoms with van der Waals surface area (Å²) in [6.45, 7) is 18.4. The molecule has 0 aliphatic rings. The van der Waals surface area contributed by atoms with Crippen molar-refractivity contribution in [2.75, 3.05) is 14.1 Å². The van der Waals surface area contributed by atoms with Crippen molar-refractivity contribution in [1.82, 2.24) is 9.80 Å². The molecule has 0 aliphatic carbocycles. The molecule has 0 aromatic heterocycles.